The van der Waals surface area contributed by atoms with Crippen LogP contribution in [0.4, 0.5) is 0 Å². The lowest BCUT2D eigenvalue weighted by atomic mass is 10.1. The summed E-state index contributed by atoms with van der Waals surface area (Å²) in [6.45, 7) is 0.518. The van der Waals surface area contributed by atoms with E-state index in [4.69, 9.17) is 5.73 Å². The molecule has 86 valence electrons. The number of halogens is 1. The Balaban J connectivity index is 2.01. The molecule has 0 radical (unpaired) electrons. The van der Waals surface area contributed by atoms with Crippen LogP contribution in [0.2, 0.25) is 0 Å². The number of nitrogens with two attached hydrogens (primary N) is 1. The van der Waals surface area contributed by atoms with E-state index in [1.807, 2.05) is 18.2 Å². The van der Waals surface area contributed by atoms with Crippen LogP contribution in [0.25, 0.3) is 0 Å². The van der Waals surface area contributed by atoms with Crippen LogP contribution < -0.4 is 11.1 Å². The first-order chi connectivity index (χ1) is 7.70. The van der Waals surface area contributed by atoms with Gasteiger partial charge in [0, 0.05) is 22.6 Å². The summed E-state index contributed by atoms with van der Waals surface area (Å²) in [5.74, 6) is 0.546. The summed E-state index contributed by atoms with van der Waals surface area (Å²) in [6, 6.07) is 7.51. The molecule has 1 unspecified atom stereocenters. The molecule has 2 rings (SSSR count). The van der Waals surface area contributed by atoms with Crippen LogP contribution in [0.3, 0.4) is 0 Å². The topological polar surface area (TPSA) is 55.1 Å². The van der Waals surface area contributed by atoms with E-state index in [1.54, 1.807) is 6.07 Å². The number of hydrogen-bond acceptors (Lipinski definition) is 2. The van der Waals surface area contributed by atoms with E-state index in [2.05, 4.69) is 21.2 Å². The zero-order valence-corrected chi connectivity index (χ0v) is 10.5. The van der Waals surface area contributed by atoms with E-state index in [9.17, 15) is 4.79 Å². The second-order valence-corrected chi connectivity index (χ2v) is 5.08. The van der Waals surface area contributed by atoms with Crippen molar-refractivity contribution in [2.45, 2.75) is 18.9 Å². The summed E-state index contributed by atoms with van der Waals surface area (Å²) < 4.78 is 0.913. The first-order valence-electron chi connectivity index (χ1n) is 5.47. The third-order valence-electron chi connectivity index (χ3n) is 2.85. The molecule has 0 aliphatic heterocycles. The van der Waals surface area contributed by atoms with Crippen molar-refractivity contribution in [2.75, 3.05) is 6.54 Å². The van der Waals surface area contributed by atoms with Gasteiger partial charge in [-0.1, -0.05) is 22.0 Å². The monoisotopic (exact) mass is 282 g/mol. The van der Waals surface area contributed by atoms with Gasteiger partial charge in [0.15, 0.2) is 0 Å². The molecule has 0 bridgehead atoms. The van der Waals surface area contributed by atoms with E-state index >= 15 is 0 Å². The highest BCUT2D eigenvalue weighted by atomic mass is 79.9. The zero-order chi connectivity index (χ0) is 11.5. The van der Waals surface area contributed by atoms with Gasteiger partial charge in [0.1, 0.15) is 0 Å². The van der Waals surface area contributed by atoms with Gasteiger partial charge in [-0.2, -0.15) is 0 Å². The molecule has 1 atom stereocenters. The van der Waals surface area contributed by atoms with E-state index in [-0.39, 0.29) is 11.9 Å². The molecule has 3 nitrogen and oxygen atoms in total. The molecule has 1 fully saturated rings. The minimum absolute atomic E-state index is 0.0383. The average Bonchev–Trinajstić information content (AvgIpc) is 3.09. The Kier molecular flexibility index (Phi) is 3.61. The van der Waals surface area contributed by atoms with Gasteiger partial charge in [-0.15, -0.1) is 0 Å². The number of benzene rings is 1. The summed E-state index contributed by atoms with van der Waals surface area (Å²) in [6.07, 6.45) is 2.36. The Hall–Kier alpha value is -0.870. The van der Waals surface area contributed by atoms with E-state index in [0.717, 1.165) is 4.47 Å². The number of carbonyl (C=O) groups is 1. The normalized spacial score (nSPS) is 16.9. The minimum Gasteiger partial charge on any atom is -0.348 e. The molecule has 1 saturated carbocycles. The quantitative estimate of drug-likeness (QED) is 0.887. The molecule has 3 N–H and O–H groups in total. The average molecular weight is 283 g/mol. The minimum atomic E-state index is -0.0383. The molecule has 0 heterocycles. The summed E-state index contributed by atoms with van der Waals surface area (Å²) >= 11 is 3.35. The van der Waals surface area contributed by atoms with Crippen molar-refractivity contribution in [1.29, 1.82) is 0 Å². The molecule has 16 heavy (non-hydrogen) atoms. The molecule has 1 aliphatic carbocycles. The van der Waals surface area contributed by atoms with Gasteiger partial charge >= 0.3 is 0 Å². The fourth-order valence-electron chi connectivity index (χ4n) is 1.75. The van der Waals surface area contributed by atoms with Gasteiger partial charge < -0.3 is 11.1 Å². The van der Waals surface area contributed by atoms with Gasteiger partial charge in [0.25, 0.3) is 5.91 Å². The van der Waals surface area contributed by atoms with Gasteiger partial charge in [0.05, 0.1) is 0 Å². The molecule has 1 amide bonds. The van der Waals surface area contributed by atoms with Crippen molar-refractivity contribution < 1.29 is 4.79 Å². The van der Waals surface area contributed by atoms with Crippen molar-refractivity contribution in [3.8, 4) is 0 Å². The number of carbonyl (C=O) groups excluding carboxylic acids is 1. The van der Waals surface area contributed by atoms with Crippen LogP contribution in [-0.2, 0) is 0 Å². The van der Waals surface area contributed by atoms with E-state index in [0.29, 0.717) is 18.0 Å². The maximum atomic E-state index is 11.9. The lowest BCUT2D eigenvalue weighted by Crippen LogP contribution is -2.41. The summed E-state index contributed by atoms with van der Waals surface area (Å²) in [4.78, 5) is 11.9. The first kappa shape index (κ1) is 11.6. The Morgan fingerprint density at radius 2 is 2.31 bits per heavy atom. The fourth-order valence-corrected chi connectivity index (χ4v) is 2.15. The van der Waals surface area contributed by atoms with Crippen molar-refractivity contribution in [3.05, 3.63) is 34.3 Å². The van der Waals surface area contributed by atoms with Crippen molar-refractivity contribution in [2.24, 2.45) is 11.7 Å². The second kappa shape index (κ2) is 4.97. The van der Waals surface area contributed by atoms with E-state index in [1.165, 1.54) is 12.8 Å². The van der Waals surface area contributed by atoms with Crippen LogP contribution in [0.1, 0.15) is 23.2 Å². The van der Waals surface area contributed by atoms with Gasteiger partial charge in [-0.05, 0) is 37.0 Å². The Morgan fingerprint density at radius 1 is 1.56 bits per heavy atom. The second-order valence-electron chi connectivity index (χ2n) is 4.16. The lowest BCUT2D eigenvalue weighted by Gasteiger charge is -2.15. The smallest absolute Gasteiger partial charge is 0.251 e. The fraction of sp³-hybridized carbons (Fsp3) is 0.417. The molecular formula is C12H15BrN2O. The third-order valence-corrected chi connectivity index (χ3v) is 3.34. The largest absolute Gasteiger partial charge is 0.348 e. The maximum Gasteiger partial charge on any atom is 0.251 e. The summed E-state index contributed by atoms with van der Waals surface area (Å²) in [5, 5.41) is 2.99. The third kappa shape index (κ3) is 2.83. The molecule has 0 spiro atoms. The molecule has 1 aromatic rings. The van der Waals surface area contributed by atoms with Crippen molar-refractivity contribution in [1.82, 2.24) is 5.32 Å². The summed E-state index contributed by atoms with van der Waals surface area (Å²) in [7, 11) is 0. The number of nitrogens with one attached hydrogen (secondary N) is 1. The Morgan fingerprint density at radius 3 is 2.88 bits per heavy atom. The molecule has 0 saturated heterocycles. The van der Waals surface area contributed by atoms with Crippen molar-refractivity contribution >= 4 is 21.8 Å². The van der Waals surface area contributed by atoms with Crippen LogP contribution in [0.5, 0.6) is 0 Å². The van der Waals surface area contributed by atoms with Gasteiger partial charge in [0.2, 0.25) is 0 Å². The number of rotatable bonds is 4. The molecular weight excluding hydrogens is 268 g/mol. The maximum absolute atomic E-state index is 11.9. The predicted octanol–water partition coefficient (Wildman–Crippen LogP) is 1.92. The highest BCUT2D eigenvalue weighted by Gasteiger charge is 2.31. The highest BCUT2D eigenvalue weighted by molar-refractivity contribution is 9.10. The standard InChI is InChI=1S/C12H15BrN2O/c13-10-3-1-2-9(6-10)12(16)15-11(7-14)8-4-5-8/h1-3,6,8,11H,4-5,7,14H2,(H,15,16). The Bertz CT molecular complexity index is 390. The van der Waals surface area contributed by atoms with Crippen LogP contribution >= 0.6 is 15.9 Å². The van der Waals surface area contributed by atoms with Crippen molar-refractivity contribution in [3.63, 3.8) is 0 Å². The highest BCUT2D eigenvalue weighted by Crippen LogP contribution is 2.32. The molecule has 1 aliphatic rings. The lowest BCUT2D eigenvalue weighted by molar-refractivity contribution is 0.0933. The van der Waals surface area contributed by atoms with Gasteiger partial charge in [-0.25, -0.2) is 0 Å². The Labute approximate surface area is 104 Å². The molecule has 0 aromatic heterocycles. The number of hydrogen-bond donors (Lipinski definition) is 2. The zero-order valence-electron chi connectivity index (χ0n) is 8.95. The SMILES string of the molecule is NCC(NC(=O)c1cccc(Br)c1)C1CC1. The summed E-state index contributed by atoms with van der Waals surface area (Å²) in [5.41, 5.74) is 6.32. The van der Waals surface area contributed by atoms with Crippen LogP contribution in [-0.4, -0.2) is 18.5 Å². The van der Waals surface area contributed by atoms with Gasteiger partial charge in [-0.3, -0.25) is 4.79 Å². The van der Waals surface area contributed by atoms with Crippen LogP contribution in [0, 0.1) is 5.92 Å². The molecule has 4 heteroatoms. The molecule has 1 aromatic carbocycles. The van der Waals surface area contributed by atoms with Crippen LogP contribution in [0.15, 0.2) is 28.7 Å². The predicted molar refractivity (Wildman–Crippen MR) is 67.2 cm³/mol. The van der Waals surface area contributed by atoms with E-state index < -0.39 is 0 Å². The number of amides is 1. The first-order valence-corrected chi connectivity index (χ1v) is 6.26.